The minimum atomic E-state index is -0.588. The van der Waals surface area contributed by atoms with Crippen LogP contribution in [0.5, 0.6) is 0 Å². The average molecular weight is 473 g/mol. The van der Waals surface area contributed by atoms with Crippen LogP contribution in [0.3, 0.4) is 0 Å². The lowest BCUT2D eigenvalue weighted by atomic mass is 9.33. The predicted octanol–water partition coefficient (Wildman–Crippen LogP) is 6.21. The first-order valence-electron chi connectivity index (χ1n) is 13.9. The van der Waals surface area contributed by atoms with Gasteiger partial charge in [-0.3, -0.25) is 4.79 Å². The normalized spacial score (nSPS) is 54.1. The quantitative estimate of drug-likeness (QED) is 0.418. The van der Waals surface area contributed by atoms with Crippen molar-refractivity contribution in [1.29, 1.82) is 0 Å². The molecule has 5 rings (SSSR count). The Morgan fingerprint density at radius 3 is 2.26 bits per heavy atom. The first kappa shape index (κ1) is 24.8. The Balaban J connectivity index is 1.60. The third kappa shape index (κ3) is 2.88. The minimum Gasteiger partial charge on any atom is -0.481 e. The van der Waals surface area contributed by atoms with E-state index >= 15 is 0 Å². The molecular weight excluding hydrogens is 424 g/mol. The molecule has 0 bridgehead atoms. The fraction of sp³-hybridized carbons (Fsp3) is 0.900. The van der Waals surface area contributed by atoms with Crippen molar-refractivity contribution >= 4 is 5.97 Å². The molecule has 0 aromatic rings. The summed E-state index contributed by atoms with van der Waals surface area (Å²) in [7, 11) is 0. The number of aliphatic hydroxyl groups is 2. The summed E-state index contributed by atoms with van der Waals surface area (Å²) < 4.78 is 0. The molecule has 0 amide bonds. The summed E-state index contributed by atoms with van der Waals surface area (Å²) in [5.74, 6) is 0.395. The summed E-state index contributed by atoms with van der Waals surface area (Å²) in [6.45, 7) is 14.3. The van der Waals surface area contributed by atoms with Crippen molar-refractivity contribution in [3.63, 3.8) is 0 Å². The van der Waals surface area contributed by atoms with Crippen molar-refractivity contribution in [2.24, 2.45) is 50.2 Å². The second-order valence-corrected chi connectivity index (χ2v) is 14.9. The predicted molar refractivity (Wildman–Crippen MR) is 134 cm³/mol. The third-order valence-corrected chi connectivity index (χ3v) is 13.2. The molecule has 4 heteroatoms. The van der Waals surface area contributed by atoms with Crippen LogP contribution in [-0.2, 0) is 4.79 Å². The van der Waals surface area contributed by atoms with Gasteiger partial charge in [0.15, 0.2) is 0 Å². The van der Waals surface area contributed by atoms with Crippen LogP contribution in [-0.4, -0.2) is 34.0 Å². The fourth-order valence-electron chi connectivity index (χ4n) is 10.7. The molecule has 0 radical (unpaired) electrons. The molecule has 3 N–H and O–H groups in total. The number of allylic oxidation sites excluding steroid dienone is 2. The second-order valence-electron chi connectivity index (χ2n) is 14.9. The Bertz CT molecular complexity index is 907. The van der Waals surface area contributed by atoms with Crippen LogP contribution in [0, 0.1) is 50.2 Å². The van der Waals surface area contributed by atoms with Crippen LogP contribution >= 0.6 is 0 Å². The number of aliphatic hydroxyl groups excluding tert-OH is 2. The van der Waals surface area contributed by atoms with Gasteiger partial charge in [-0.05, 0) is 104 Å². The highest BCUT2D eigenvalue weighted by molar-refractivity contribution is 5.76. The molecule has 34 heavy (non-hydrogen) atoms. The van der Waals surface area contributed by atoms with E-state index in [4.69, 9.17) is 0 Å². The summed E-state index contributed by atoms with van der Waals surface area (Å²) >= 11 is 0. The van der Waals surface area contributed by atoms with Crippen LogP contribution in [0.2, 0.25) is 0 Å². The van der Waals surface area contributed by atoms with Gasteiger partial charge in [-0.1, -0.05) is 53.2 Å². The molecule has 0 spiro atoms. The fourth-order valence-corrected chi connectivity index (χ4v) is 10.7. The first-order chi connectivity index (χ1) is 15.7. The second kappa shape index (κ2) is 7.34. The zero-order valence-corrected chi connectivity index (χ0v) is 22.4. The van der Waals surface area contributed by atoms with E-state index in [9.17, 15) is 20.1 Å². The van der Waals surface area contributed by atoms with Crippen molar-refractivity contribution in [2.75, 3.05) is 6.61 Å². The number of aliphatic carboxylic acids is 1. The van der Waals surface area contributed by atoms with E-state index in [0.717, 1.165) is 64.2 Å². The highest BCUT2D eigenvalue weighted by Crippen LogP contribution is 2.75. The first-order valence-corrected chi connectivity index (χ1v) is 13.9. The van der Waals surface area contributed by atoms with E-state index in [2.05, 4.69) is 47.6 Å². The van der Waals surface area contributed by atoms with Crippen LogP contribution in [0.15, 0.2) is 11.6 Å². The summed E-state index contributed by atoms with van der Waals surface area (Å²) in [5.41, 5.74) is 0.858. The Kier molecular flexibility index (Phi) is 5.36. The van der Waals surface area contributed by atoms with Crippen LogP contribution < -0.4 is 0 Å². The zero-order valence-electron chi connectivity index (χ0n) is 22.4. The Labute approximate surface area is 206 Å². The molecule has 4 fully saturated rings. The molecule has 0 saturated heterocycles. The van der Waals surface area contributed by atoms with Gasteiger partial charge in [0.2, 0.25) is 0 Å². The van der Waals surface area contributed by atoms with Crippen molar-refractivity contribution in [3.8, 4) is 0 Å². The van der Waals surface area contributed by atoms with Crippen LogP contribution in [0.1, 0.15) is 106 Å². The maximum Gasteiger partial charge on any atom is 0.310 e. The van der Waals surface area contributed by atoms with Gasteiger partial charge in [0.25, 0.3) is 0 Å². The number of fused-ring (bicyclic) bond motifs is 7. The SMILES string of the molecule is CC1(C)CC[C@]2(C(=O)O)CC[C@@]3(C)C(=CCC4[C@@]5(C)CCC(O)[C@@](C)(CO)C5CC[C@@]43C)C2C1. The topological polar surface area (TPSA) is 77.8 Å². The molecule has 0 aromatic heterocycles. The van der Waals surface area contributed by atoms with Crippen molar-refractivity contribution in [2.45, 2.75) is 112 Å². The number of rotatable bonds is 2. The standard InChI is InChI=1S/C30H48O4/c1-25(2)13-15-30(24(33)34)16-14-28(5)19(20(30)17-25)7-8-22-26(3)11-10-23(32)27(4,18-31)21(26)9-12-29(22,28)6/h7,20-23,31-32H,8-18H2,1-6H3,(H,33,34)/t20?,21?,22?,23?,26-,27-,28-,29-,30-/m0/s1. The molecule has 0 heterocycles. The molecule has 5 aliphatic carbocycles. The van der Waals surface area contributed by atoms with E-state index in [0.29, 0.717) is 11.8 Å². The van der Waals surface area contributed by atoms with E-state index < -0.39 is 22.9 Å². The molecule has 0 aromatic carbocycles. The van der Waals surface area contributed by atoms with Gasteiger partial charge in [-0.25, -0.2) is 0 Å². The van der Waals surface area contributed by atoms with E-state index in [-0.39, 0.29) is 34.2 Å². The van der Waals surface area contributed by atoms with Crippen molar-refractivity contribution in [1.82, 2.24) is 0 Å². The Morgan fingerprint density at radius 1 is 0.941 bits per heavy atom. The van der Waals surface area contributed by atoms with Gasteiger partial charge in [-0.15, -0.1) is 0 Å². The molecule has 4 nitrogen and oxygen atoms in total. The van der Waals surface area contributed by atoms with Crippen molar-refractivity contribution < 1.29 is 20.1 Å². The minimum absolute atomic E-state index is 0.0204. The summed E-state index contributed by atoms with van der Waals surface area (Å²) in [4.78, 5) is 12.8. The Hall–Kier alpha value is -0.870. The smallest absolute Gasteiger partial charge is 0.310 e. The molecule has 9 atom stereocenters. The lowest BCUT2D eigenvalue weighted by Gasteiger charge is -2.71. The van der Waals surface area contributed by atoms with Gasteiger partial charge in [0.05, 0.1) is 18.1 Å². The Morgan fingerprint density at radius 2 is 1.62 bits per heavy atom. The number of hydrogen-bond acceptors (Lipinski definition) is 3. The highest BCUT2D eigenvalue weighted by atomic mass is 16.4. The van der Waals surface area contributed by atoms with Crippen LogP contribution in [0.4, 0.5) is 0 Å². The molecule has 0 aliphatic heterocycles. The summed E-state index contributed by atoms with van der Waals surface area (Å²) in [5, 5.41) is 31.8. The van der Waals surface area contributed by atoms with Crippen molar-refractivity contribution in [3.05, 3.63) is 11.6 Å². The van der Waals surface area contributed by atoms with E-state index in [1.165, 1.54) is 5.57 Å². The number of carboxylic acid groups (broad SMARTS) is 1. The average Bonchev–Trinajstić information content (AvgIpc) is 2.76. The molecule has 4 saturated carbocycles. The molecular formula is C30H48O4. The van der Waals surface area contributed by atoms with Gasteiger partial charge in [-0.2, -0.15) is 0 Å². The van der Waals surface area contributed by atoms with Gasteiger partial charge >= 0.3 is 5.97 Å². The monoisotopic (exact) mass is 472 g/mol. The molecule has 4 unspecified atom stereocenters. The summed E-state index contributed by atoms with van der Waals surface area (Å²) in [6.07, 6.45) is 11.6. The summed E-state index contributed by atoms with van der Waals surface area (Å²) in [6, 6.07) is 0. The number of hydrogen-bond donors (Lipinski definition) is 3. The van der Waals surface area contributed by atoms with E-state index in [1.54, 1.807) is 0 Å². The largest absolute Gasteiger partial charge is 0.481 e. The lowest BCUT2D eigenvalue weighted by molar-refractivity contribution is -0.216. The van der Waals surface area contributed by atoms with Gasteiger partial charge in [0.1, 0.15) is 0 Å². The third-order valence-electron chi connectivity index (χ3n) is 13.2. The lowest BCUT2D eigenvalue weighted by Crippen LogP contribution is -2.65. The molecule has 5 aliphatic rings. The maximum atomic E-state index is 12.8. The molecule has 192 valence electrons. The zero-order chi connectivity index (χ0) is 24.9. The maximum absolute atomic E-state index is 12.8. The highest BCUT2D eigenvalue weighted by Gasteiger charge is 2.69. The van der Waals surface area contributed by atoms with E-state index in [1.807, 2.05) is 0 Å². The van der Waals surface area contributed by atoms with Crippen LogP contribution in [0.25, 0.3) is 0 Å². The number of carbonyl (C=O) groups is 1. The van der Waals surface area contributed by atoms with Gasteiger partial charge < -0.3 is 15.3 Å². The van der Waals surface area contributed by atoms with Gasteiger partial charge in [0, 0.05) is 5.41 Å². The number of carboxylic acids is 1.